The molecule has 1 aliphatic rings. The molecule has 1 aromatic carbocycles. The number of carbonyl (C=O) groups is 1. The molecule has 0 bridgehead atoms. The van der Waals surface area contributed by atoms with Crippen molar-refractivity contribution in [2.45, 2.75) is 5.92 Å². The van der Waals surface area contributed by atoms with E-state index in [0.717, 1.165) is 4.47 Å². The molecule has 0 aliphatic carbocycles. The van der Waals surface area contributed by atoms with Crippen molar-refractivity contribution in [3.8, 4) is 11.5 Å². The molecule has 1 N–H and O–H groups in total. The normalized spacial score (nSPS) is 18.1. The lowest BCUT2D eigenvalue weighted by Crippen LogP contribution is -2.12. The summed E-state index contributed by atoms with van der Waals surface area (Å²) in [7, 11) is 1.53. The maximum absolute atomic E-state index is 10.9. The molecule has 1 unspecified atom stereocenters. The van der Waals surface area contributed by atoms with E-state index in [1.54, 1.807) is 12.1 Å². The molecular weight excluding hydrogens is 264 g/mol. The average Bonchev–Trinajstić information content (AvgIpc) is 2.59. The van der Waals surface area contributed by atoms with E-state index in [4.69, 9.17) is 14.6 Å². The number of aliphatic carboxylic acids is 1. The minimum absolute atomic E-state index is 0.164. The first-order valence-corrected chi connectivity index (χ1v) is 5.16. The molecule has 0 amide bonds. The van der Waals surface area contributed by atoms with Gasteiger partial charge >= 0.3 is 5.97 Å². The Morgan fingerprint density at radius 3 is 3.00 bits per heavy atom. The Bertz CT molecular complexity index is 416. The minimum Gasteiger partial charge on any atom is -0.493 e. The summed E-state index contributed by atoms with van der Waals surface area (Å²) in [4.78, 5) is 10.9. The Hall–Kier alpha value is -1.23. The fourth-order valence-electron chi connectivity index (χ4n) is 1.61. The van der Waals surface area contributed by atoms with Crippen LogP contribution >= 0.6 is 15.9 Å². The number of halogens is 1. The molecule has 0 saturated heterocycles. The molecule has 0 spiro atoms. The van der Waals surface area contributed by atoms with Crippen LogP contribution < -0.4 is 9.47 Å². The van der Waals surface area contributed by atoms with Crippen LogP contribution in [0.1, 0.15) is 11.5 Å². The van der Waals surface area contributed by atoms with E-state index in [1.807, 2.05) is 0 Å². The number of fused-ring (bicyclic) bond motifs is 1. The van der Waals surface area contributed by atoms with Crippen LogP contribution in [0.5, 0.6) is 11.5 Å². The van der Waals surface area contributed by atoms with Crippen LogP contribution in [-0.2, 0) is 4.79 Å². The van der Waals surface area contributed by atoms with Gasteiger partial charge in [0.1, 0.15) is 12.5 Å². The molecule has 1 aromatic rings. The second-order valence-corrected chi connectivity index (χ2v) is 4.14. The van der Waals surface area contributed by atoms with Gasteiger partial charge in [0.25, 0.3) is 0 Å². The number of methoxy groups -OCH3 is 1. The Morgan fingerprint density at radius 2 is 2.40 bits per heavy atom. The van der Waals surface area contributed by atoms with Crippen LogP contribution in [0.25, 0.3) is 0 Å². The molecule has 0 saturated carbocycles. The van der Waals surface area contributed by atoms with Gasteiger partial charge in [-0.3, -0.25) is 4.79 Å². The quantitative estimate of drug-likeness (QED) is 0.895. The molecule has 80 valence electrons. The molecule has 2 rings (SSSR count). The van der Waals surface area contributed by atoms with Crippen LogP contribution in [0.4, 0.5) is 0 Å². The summed E-state index contributed by atoms with van der Waals surface area (Å²) < 4.78 is 11.2. The number of benzene rings is 1. The molecular formula is C10H9BrO4. The van der Waals surface area contributed by atoms with E-state index in [0.29, 0.717) is 17.1 Å². The van der Waals surface area contributed by atoms with E-state index in [9.17, 15) is 4.79 Å². The van der Waals surface area contributed by atoms with Gasteiger partial charge in [-0.15, -0.1) is 0 Å². The molecule has 1 heterocycles. The Kier molecular flexibility index (Phi) is 2.56. The van der Waals surface area contributed by atoms with Crippen molar-refractivity contribution < 1.29 is 19.4 Å². The molecule has 1 atom stereocenters. The lowest BCUT2D eigenvalue weighted by molar-refractivity contribution is -0.138. The van der Waals surface area contributed by atoms with Gasteiger partial charge in [0.2, 0.25) is 0 Å². The highest BCUT2D eigenvalue weighted by atomic mass is 79.9. The third-order valence-corrected chi connectivity index (χ3v) is 2.79. The van der Waals surface area contributed by atoms with Crippen molar-refractivity contribution >= 4 is 21.9 Å². The molecule has 0 fully saturated rings. The molecule has 15 heavy (non-hydrogen) atoms. The number of rotatable bonds is 2. The fourth-order valence-corrected chi connectivity index (χ4v) is 2.07. The fraction of sp³-hybridized carbons (Fsp3) is 0.300. The third kappa shape index (κ3) is 1.67. The third-order valence-electron chi connectivity index (χ3n) is 2.34. The van der Waals surface area contributed by atoms with Crippen molar-refractivity contribution in [2.24, 2.45) is 0 Å². The second kappa shape index (κ2) is 3.73. The van der Waals surface area contributed by atoms with Crippen molar-refractivity contribution in [2.75, 3.05) is 13.7 Å². The van der Waals surface area contributed by atoms with Crippen LogP contribution in [-0.4, -0.2) is 24.8 Å². The molecule has 1 aliphatic heterocycles. The Balaban J connectivity index is 2.53. The number of hydrogen-bond donors (Lipinski definition) is 1. The predicted molar refractivity (Wildman–Crippen MR) is 56.6 cm³/mol. The van der Waals surface area contributed by atoms with Crippen molar-refractivity contribution in [1.82, 2.24) is 0 Å². The first kappa shape index (κ1) is 10.3. The smallest absolute Gasteiger partial charge is 0.314 e. The lowest BCUT2D eigenvalue weighted by atomic mass is 10.0. The summed E-state index contributed by atoms with van der Waals surface area (Å²) in [6.45, 7) is 0.164. The van der Waals surface area contributed by atoms with Crippen LogP contribution in [0.2, 0.25) is 0 Å². The summed E-state index contributed by atoms with van der Waals surface area (Å²) in [6.07, 6.45) is 0. The Morgan fingerprint density at radius 1 is 1.67 bits per heavy atom. The van der Waals surface area contributed by atoms with Gasteiger partial charge in [-0.05, 0) is 12.1 Å². The minimum atomic E-state index is -0.881. The summed E-state index contributed by atoms with van der Waals surface area (Å²) in [5, 5.41) is 8.98. The van der Waals surface area contributed by atoms with Crippen molar-refractivity contribution in [3.05, 3.63) is 22.2 Å². The first-order chi connectivity index (χ1) is 7.13. The molecule has 5 heteroatoms. The van der Waals surface area contributed by atoms with Gasteiger partial charge in [0, 0.05) is 10.0 Å². The molecule has 0 aromatic heterocycles. The highest BCUT2D eigenvalue weighted by molar-refractivity contribution is 9.10. The van der Waals surface area contributed by atoms with Gasteiger partial charge in [0.05, 0.1) is 7.11 Å². The van der Waals surface area contributed by atoms with E-state index >= 15 is 0 Å². The predicted octanol–water partition coefficient (Wildman–Crippen LogP) is 2.02. The van der Waals surface area contributed by atoms with Crippen LogP contribution in [0, 0.1) is 0 Å². The largest absolute Gasteiger partial charge is 0.493 e. The SMILES string of the molecule is COc1cc(Br)cc2c1OCC2C(=O)O. The van der Waals surface area contributed by atoms with Gasteiger partial charge in [-0.1, -0.05) is 15.9 Å². The molecule has 0 radical (unpaired) electrons. The monoisotopic (exact) mass is 272 g/mol. The van der Waals surface area contributed by atoms with E-state index in [-0.39, 0.29) is 6.61 Å². The number of ether oxygens (including phenoxy) is 2. The van der Waals surface area contributed by atoms with E-state index in [2.05, 4.69) is 15.9 Å². The summed E-state index contributed by atoms with van der Waals surface area (Å²) in [5.74, 6) is -0.392. The number of carboxylic acid groups (broad SMARTS) is 1. The van der Waals surface area contributed by atoms with Gasteiger partial charge < -0.3 is 14.6 Å². The van der Waals surface area contributed by atoms with E-state index in [1.165, 1.54) is 7.11 Å². The maximum Gasteiger partial charge on any atom is 0.314 e. The van der Waals surface area contributed by atoms with Crippen LogP contribution in [0.3, 0.4) is 0 Å². The highest BCUT2D eigenvalue weighted by Crippen LogP contribution is 2.43. The number of carboxylic acids is 1. The standard InChI is InChI=1S/C10H9BrO4/c1-14-8-3-5(11)2-6-7(10(12)13)4-15-9(6)8/h2-3,7H,4H2,1H3,(H,12,13). The zero-order chi connectivity index (χ0) is 11.0. The maximum atomic E-state index is 10.9. The zero-order valence-corrected chi connectivity index (χ0v) is 9.58. The van der Waals surface area contributed by atoms with Crippen molar-refractivity contribution in [3.63, 3.8) is 0 Å². The molecule has 4 nitrogen and oxygen atoms in total. The van der Waals surface area contributed by atoms with Gasteiger partial charge in [-0.25, -0.2) is 0 Å². The van der Waals surface area contributed by atoms with Gasteiger partial charge in [-0.2, -0.15) is 0 Å². The summed E-state index contributed by atoms with van der Waals surface area (Å²) >= 11 is 3.30. The average molecular weight is 273 g/mol. The van der Waals surface area contributed by atoms with E-state index < -0.39 is 11.9 Å². The number of hydrogen-bond acceptors (Lipinski definition) is 3. The van der Waals surface area contributed by atoms with Crippen LogP contribution in [0.15, 0.2) is 16.6 Å². The summed E-state index contributed by atoms with van der Waals surface area (Å²) in [6, 6.07) is 3.51. The lowest BCUT2D eigenvalue weighted by Gasteiger charge is -2.07. The van der Waals surface area contributed by atoms with Crippen molar-refractivity contribution in [1.29, 1.82) is 0 Å². The summed E-state index contributed by atoms with van der Waals surface area (Å²) in [5.41, 5.74) is 0.661. The topological polar surface area (TPSA) is 55.8 Å². The Labute approximate surface area is 94.9 Å². The highest BCUT2D eigenvalue weighted by Gasteiger charge is 2.32. The van der Waals surface area contributed by atoms with Gasteiger partial charge in [0.15, 0.2) is 11.5 Å². The second-order valence-electron chi connectivity index (χ2n) is 3.23. The zero-order valence-electron chi connectivity index (χ0n) is 7.99. The first-order valence-electron chi connectivity index (χ1n) is 4.36.